The minimum absolute atomic E-state index is 0.223. The molecule has 1 unspecified atom stereocenters. The van der Waals surface area contributed by atoms with Crippen molar-refractivity contribution in [1.29, 1.82) is 0 Å². The number of aryl methyl sites for hydroxylation is 1. The molecular weight excluding hydrogens is 303 g/mol. The van der Waals surface area contributed by atoms with Gasteiger partial charge in [0.25, 0.3) is 0 Å². The van der Waals surface area contributed by atoms with E-state index in [2.05, 4.69) is 15.9 Å². The first-order valence-electron chi connectivity index (χ1n) is 6.17. The standard InChI is InChI=1S/C14H17BrClF/c1-9-6-11(13(16)8-14(9)17)12(15)7-10-4-2-3-5-10/h6,8,10,12H,2-5,7H2,1H3. The maximum absolute atomic E-state index is 13.3. The van der Waals surface area contributed by atoms with E-state index < -0.39 is 0 Å². The van der Waals surface area contributed by atoms with Crippen LogP contribution in [0.25, 0.3) is 0 Å². The second-order valence-corrected chi connectivity index (χ2v) is 6.49. The zero-order chi connectivity index (χ0) is 12.4. The van der Waals surface area contributed by atoms with Crippen LogP contribution in [0.5, 0.6) is 0 Å². The average molecular weight is 320 g/mol. The van der Waals surface area contributed by atoms with Crippen LogP contribution in [0.15, 0.2) is 12.1 Å². The summed E-state index contributed by atoms with van der Waals surface area (Å²) in [6.45, 7) is 1.78. The maximum atomic E-state index is 13.3. The van der Waals surface area contributed by atoms with Gasteiger partial charge in [0.1, 0.15) is 5.82 Å². The van der Waals surface area contributed by atoms with Gasteiger partial charge in [-0.25, -0.2) is 4.39 Å². The molecule has 0 amide bonds. The maximum Gasteiger partial charge on any atom is 0.127 e. The molecule has 0 nitrogen and oxygen atoms in total. The Hall–Kier alpha value is -0.0800. The van der Waals surface area contributed by atoms with Crippen LogP contribution in [-0.2, 0) is 0 Å². The highest BCUT2D eigenvalue weighted by atomic mass is 79.9. The SMILES string of the molecule is Cc1cc(C(Br)CC2CCCC2)c(Cl)cc1F. The van der Waals surface area contributed by atoms with E-state index in [9.17, 15) is 4.39 Å². The molecule has 0 N–H and O–H groups in total. The summed E-state index contributed by atoms with van der Waals surface area (Å²) in [6, 6.07) is 3.29. The lowest BCUT2D eigenvalue weighted by molar-refractivity contribution is 0.501. The Kier molecular flexibility index (Phi) is 4.48. The second kappa shape index (κ2) is 5.71. The lowest BCUT2D eigenvalue weighted by atomic mass is 9.97. The molecule has 2 rings (SSSR count). The van der Waals surface area contributed by atoms with Gasteiger partial charge in [0, 0.05) is 9.85 Å². The Bertz CT molecular complexity index is 399. The van der Waals surface area contributed by atoms with E-state index in [0.717, 1.165) is 17.9 Å². The topological polar surface area (TPSA) is 0 Å². The Balaban J connectivity index is 2.12. The molecule has 3 heteroatoms. The zero-order valence-corrected chi connectivity index (χ0v) is 12.3. The Labute approximate surface area is 116 Å². The molecule has 1 saturated carbocycles. The Morgan fingerprint density at radius 1 is 1.41 bits per heavy atom. The fourth-order valence-electron chi connectivity index (χ4n) is 2.59. The summed E-state index contributed by atoms with van der Waals surface area (Å²) >= 11 is 9.81. The van der Waals surface area contributed by atoms with Gasteiger partial charge in [-0.1, -0.05) is 59.3 Å². The third-order valence-electron chi connectivity index (χ3n) is 3.63. The van der Waals surface area contributed by atoms with Crippen LogP contribution >= 0.6 is 27.5 Å². The van der Waals surface area contributed by atoms with E-state index >= 15 is 0 Å². The lowest BCUT2D eigenvalue weighted by Gasteiger charge is -2.17. The van der Waals surface area contributed by atoms with Gasteiger partial charge in [-0.2, -0.15) is 0 Å². The molecule has 0 bridgehead atoms. The molecule has 0 aliphatic heterocycles. The third-order valence-corrected chi connectivity index (χ3v) is 4.82. The molecule has 1 atom stereocenters. The molecule has 1 aromatic carbocycles. The number of alkyl halides is 1. The van der Waals surface area contributed by atoms with Crippen LogP contribution in [-0.4, -0.2) is 0 Å². The normalized spacial score (nSPS) is 18.6. The molecule has 94 valence electrons. The van der Waals surface area contributed by atoms with Gasteiger partial charge in [0.2, 0.25) is 0 Å². The molecule has 0 radical (unpaired) electrons. The number of benzene rings is 1. The predicted molar refractivity (Wildman–Crippen MR) is 74.4 cm³/mol. The van der Waals surface area contributed by atoms with Gasteiger partial charge in [0.05, 0.1) is 0 Å². The van der Waals surface area contributed by atoms with E-state index in [1.165, 1.54) is 31.7 Å². The quantitative estimate of drug-likeness (QED) is 0.617. The first-order valence-corrected chi connectivity index (χ1v) is 7.47. The van der Waals surface area contributed by atoms with E-state index in [1.54, 1.807) is 6.92 Å². The summed E-state index contributed by atoms with van der Waals surface area (Å²) in [4.78, 5) is 0.248. The summed E-state index contributed by atoms with van der Waals surface area (Å²) in [5, 5.41) is 0.535. The smallest absolute Gasteiger partial charge is 0.127 e. The van der Waals surface area contributed by atoms with Crippen molar-refractivity contribution in [3.05, 3.63) is 34.1 Å². The second-order valence-electron chi connectivity index (χ2n) is 4.98. The van der Waals surface area contributed by atoms with Crippen molar-refractivity contribution in [3.63, 3.8) is 0 Å². The van der Waals surface area contributed by atoms with E-state index in [4.69, 9.17) is 11.6 Å². The van der Waals surface area contributed by atoms with E-state index in [1.807, 2.05) is 6.07 Å². The molecule has 0 saturated heterocycles. The summed E-state index contributed by atoms with van der Waals surface area (Å²) in [7, 11) is 0. The Morgan fingerprint density at radius 3 is 2.71 bits per heavy atom. The van der Waals surface area contributed by atoms with Gasteiger partial charge < -0.3 is 0 Å². The van der Waals surface area contributed by atoms with Crippen molar-refractivity contribution < 1.29 is 4.39 Å². The van der Waals surface area contributed by atoms with Crippen molar-refractivity contribution in [1.82, 2.24) is 0 Å². The van der Waals surface area contributed by atoms with Crippen molar-refractivity contribution in [2.45, 2.75) is 43.9 Å². The van der Waals surface area contributed by atoms with Gasteiger partial charge in [-0.3, -0.25) is 0 Å². The first-order chi connectivity index (χ1) is 8.08. The highest BCUT2D eigenvalue weighted by Crippen LogP contribution is 2.40. The minimum atomic E-state index is -0.223. The lowest BCUT2D eigenvalue weighted by Crippen LogP contribution is -2.01. The average Bonchev–Trinajstić information content (AvgIpc) is 2.76. The molecule has 0 heterocycles. The molecule has 17 heavy (non-hydrogen) atoms. The van der Waals surface area contributed by atoms with Gasteiger partial charge >= 0.3 is 0 Å². The molecule has 1 aliphatic carbocycles. The molecule has 0 aromatic heterocycles. The highest BCUT2D eigenvalue weighted by Gasteiger charge is 2.21. The van der Waals surface area contributed by atoms with Crippen molar-refractivity contribution in [2.75, 3.05) is 0 Å². The molecule has 1 aliphatic rings. The first kappa shape index (κ1) is 13.4. The fraction of sp³-hybridized carbons (Fsp3) is 0.571. The number of hydrogen-bond donors (Lipinski definition) is 0. The molecule has 0 spiro atoms. The fourth-order valence-corrected chi connectivity index (χ4v) is 3.91. The Morgan fingerprint density at radius 2 is 2.06 bits per heavy atom. The van der Waals surface area contributed by atoms with Crippen LogP contribution in [0.1, 0.15) is 48.1 Å². The van der Waals surface area contributed by atoms with Crippen LogP contribution in [0.2, 0.25) is 5.02 Å². The molecule has 1 fully saturated rings. The summed E-state index contributed by atoms with van der Waals surface area (Å²) < 4.78 is 13.3. The monoisotopic (exact) mass is 318 g/mol. The number of rotatable bonds is 3. The number of halogens is 3. The summed E-state index contributed by atoms with van der Waals surface area (Å²) in [5.74, 6) is 0.570. The van der Waals surface area contributed by atoms with Gasteiger partial charge in [-0.05, 0) is 36.5 Å². The van der Waals surface area contributed by atoms with Crippen LogP contribution in [0.3, 0.4) is 0 Å². The van der Waals surface area contributed by atoms with Crippen molar-refractivity contribution in [2.24, 2.45) is 5.92 Å². The van der Waals surface area contributed by atoms with Crippen molar-refractivity contribution in [3.8, 4) is 0 Å². The molecule has 1 aromatic rings. The highest BCUT2D eigenvalue weighted by molar-refractivity contribution is 9.09. The van der Waals surface area contributed by atoms with Gasteiger partial charge in [0.15, 0.2) is 0 Å². The third kappa shape index (κ3) is 3.23. The predicted octanol–water partition coefficient (Wildman–Crippen LogP) is 5.80. The van der Waals surface area contributed by atoms with Crippen LogP contribution < -0.4 is 0 Å². The number of hydrogen-bond acceptors (Lipinski definition) is 0. The van der Waals surface area contributed by atoms with E-state index in [0.29, 0.717) is 10.6 Å². The van der Waals surface area contributed by atoms with Crippen LogP contribution in [0, 0.1) is 18.7 Å². The minimum Gasteiger partial charge on any atom is -0.207 e. The largest absolute Gasteiger partial charge is 0.207 e. The van der Waals surface area contributed by atoms with Crippen LogP contribution in [0.4, 0.5) is 4.39 Å². The van der Waals surface area contributed by atoms with Crippen molar-refractivity contribution >= 4 is 27.5 Å². The molecular formula is C14H17BrClF. The summed E-state index contributed by atoms with van der Waals surface area (Å²) in [5.41, 5.74) is 1.69. The van der Waals surface area contributed by atoms with E-state index in [-0.39, 0.29) is 10.6 Å². The summed E-state index contributed by atoms with van der Waals surface area (Å²) in [6.07, 6.45) is 6.44. The zero-order valence-electron chi connectivity index (χ0n) is 9.98. The van der Waals surface area contributed by atoms with Gasteiger partial charge in [-0.15, -0.1) is 0 Å².